The minimum Gasteiger partial charge on any atom is -0.465 e. The lowest BCUT2D eigenvalue weighted by atomic mass is 10.0. The monoisotopic (exact) mass is 642 g/mol. The molecule has 12 heteroatoms. The number of carbonyl (C=O) groups excluding carboxylic acids is 2. The third kappa shape index (κ3) is 7.98. The van der Waals surface area contributed by atoms with Crippen molar-refractivity contribution in [2.24, 2.45) is 0 Å². The minimum absolute atomic E-state index is 0.161. The Hall–Kier alpha value is -6.56. The van der Waals surface area contributed by atoms with Crippen LogP contribution in [0.2, 0.25) is 0 Å². The van der Waals surface area contributed by atoms with Gasteiger partial charge in [-0.1, -0.05) is 48.6 Å². The first kappa shape index (κ1) is 32.8. The molecule has 48 heavy (non-hydrogen) atoms. The summed E-state index contributed by atoms with van der Waals surface area (Å²) in [4.78, 5) is 39.1. The van der Waals surface area contributed by atoms with E-state index in [1.165, 1.54) is 14.2 Å². The number of methoxy groups -OCH3 is 2. The highest BCUT2D eigenvalue weighted by molar-refractivity contribution is 5.92. The van der Waals surface area contributed by atoms with Crippen molar-refractivity contribution in [3.05, 3.63) is 118 Å². The van der Waals surface area contributed by atoms with E-state index in [2.05, 4.69) is 24.7 Å². The number of ether oxygens (including phenoxy) is 2. The first-order valence-electron chi connectivity index (χ1n) is 14.8. The van der Waals surface area contributed by atoms with Gasteiger partial charge < -0.3 is 32.4 Å². The molecule has 0 spiro atoms. The predicted octanol–water partition coefficient (Wildman–Crippen LogP) is 5.12. The number of anilines is 4. The Bertz CT molecular complexity index is 2130. The number of nitrogens with two attached hydrogens (primary N) is 4. The SMILES string of the molecule is COC(=O)c1ccc(/C=C/c2ccc3nc(N)nc(N)c3c2)cc1.COC(=O)c1ccc(CCc2ccc3nc(N)nc(N)c3c2)cc1. The van der Waals surface area contributed by atoms with Crippen LogP contribution in [0, 0.1) is 0 Å². The summed E-state index contributed by atoms with van der Waals surface area (Å²) in [5.41, 5.74) is 29.7. The van der Waals surface area contributed by atoms with Crippen molar-refractivity contribution in [2.75, 3.05) is 37.2 Å². The van der Waals surface area contributed by atoms with E-state index in [-0.39, 0.29) is 23.8 Å². The molecule has 0 radical (unpaired) electrons. The maximum atomic E-state index is 11.4. The lowest BCUT2D eigenvalue weighted by Gasteiger charge is -2.07. The molecule has 0 amide bonds. The summed E-state index contributed by atoms with van der Waals surface area (Å²) in [5.74, 6) is 0.407. The Morgan fingerprint density at radius 2 is 1.00 bits per heavy atom. The summed E-state index contributed by atoms with van der Waals surface area (Å²) in [6.45, 7) is 0. The zero-order valence-corrected chi connectivity index (χ0v) is 26.4. The van der Waals surface area contributed by atoms with Gasteiger partial charge in [-0.15, -0.1) is 0 Å². The lowest BCUT2D eigenvalue weighted by molar-refractivity contribution is 0.0592. The van der Waals surface area contributed by atoms with Gasteiger partial charge in [0, 0.05) is 10.8 Å². The molecule has 6 rings (SSSR count). The van der Waals surface area contributed by atoms with Gasteiger partial charge in [-0.3, -0.25) is 0 Å². The summed E-state index contributed by atoms with van der Waals surface area (Å²) in [7, 11) is 2.73. The van der Waals surface area contributed by atoms with E-state index >= 15 is 0 Å². The average molecular weight is 643 g/mol. The Kier molecular flexibility index (Phi) is 10.0. The van der Waals surface area contributed by atoms with Gasteiger partial charge in [0.05, 0.1) is 36.4 Å². The fourth-order valence-electron chi connectivity index (χ4n) is 4.92. The van der Waals surface area contributed by atoms with Gasteiger partial charge in [-0.25, -0.2) is 19.6 Å². The van der Waals surface area contributed by atoms with Gasteiger partial charge in [-0.05, 0) is 83.6 Å². The van der Waals surface area contributed by atoms with Gasteiger partial charge in [0.25, 0.3) is 0 Å². The van der Waals surface area contributed by atoms with Gasteiger partial charge in [0.1, 0.15) is 11.6 Å². The Labute approximate surface area is 276 Å². The second kappa shape index (κ2) is 14.7. The molecule has 8 N–H and O–H groups in total. The molecule has 0 saturated carbocycles. The normalized spacial score (nSPS) is 10.9. The molecule has 12 nitrogen and oxygen atoms in total. The molecule has 0 aliphatic rings. The van der Waals surface area contributed by atoms with Crippen molar-refractivity contribution in [3.8, 4) is 0 Å². The van der Waals surface area contributed by atoms with Crippen LogP contribution < -0.4 is 22.9 Å². The number of esters is 2. The number of benzene rings is 4. The average Bonchev–Trinajstić information content (AvgIpc) is 3.10. The molecule has 0 atom stereocenters. The molecule has 0 saturated heterocycles. The Morgan fingerprint density at radius 1 is 0.562 bits per heavy atom. The molecular weight excluding hydrogens is 608 g/mol. The van der Waals surface area contributed by atoms with Gasteiger partial charge in [0.15, 0.2) is 0 Å². The largest absolute Gasteiger partial charge is 0.465 e. The standard InChI is InChI=1S/C18H18N4O2.C18H16N4O2/c2*1-24-17(23)13-7-4-11(5-8-13)2-3-12-6-9-15-14(10-12)16(19)22-18(20)21-15/h4-10H,2-3H2,1H3,(H4,19,20,21,22);2-10H,1H3,(H4,19,20,21,22)/b;3-2+. The summed E-state index contributed by atoms with van der Waals surface area (Å²) in [6.07, 6.45) is 5.58. The molecule has 0 aliphatic heterocycles. The Morgan fingerprint density at radius 3 is 1.56 bits per heavy atom. The third-order valence-corrected chi connectivity index (χ3v) is 7.45. The number of nitrogen functional groups attached to an aromatic ring is 4. The van der Waals surface area contributed by atoms with Crippen LogP contribution in [0.5, 0.6) is 0 Å². The number of aromatic nitrogens is 4. The maximum absolute atomic E-state index is 11.4. The predicted molar refractivity (Wildman–Crippen MR) is 189 cm³/mol. The van der Waals surface area contributed by atoms with Crippen molar-refractivity contribution in [3.63, 3.8) is 0 Å². The van der Waals surface area contributed by atoms with Crippen LogP contribution in [0.15, 0.2) is 84.9 Å². The van der Waals surface area contributed by atoms with Gasteiger partial charge in [-0.2, -0.15) is 9.97 Å². The molecular formula is C36H34N8O4. The molecule has 4 aromatic carbocycles. The van der Waals surface area contributed by atoms with E-state index in [9.17, 15) is 9.59 Å². The lowest BCUT2D eigenvalue weighted by Crippen LogP contribution is -2.02. The topological polar surface area (TPSA) is 208 Å². The van der Waals surface area contributed by atoms with Crippen LogP contribution in [0.25, 0.3) is 34.0 Å². The van der Waals surface area contributed by atoms with E-state index in [0.717, 1.165) is 51.4 Å². The quantitative estimate of drug-likeness (QED) is 0.132. The molecule has 2 aromatic heterocycles. The first-order valence-corrected chi connectivity index (χ1v) is 14.8. The van der Waals surface area contributed by atoms with Crippen molar-refractivity contribution in [1.82, 2.24) is 19.9 Å². The third-order valence-electron chi connectivity index (χ3n) is 7.45. The van der Waals surface area contributed by atoms with Crippen molar-refractivity contribution >= 4 is 69.4 Å². The minimum atomic E-state index is -0.352. The van der Waals surface area contributed by atoms with E-state index in [4.69, 9.17) is 27.7 Å². The second-order valence-corrected chi connectivity index (χ2v) is 10.7. The van der Waals surface area contributed by atoms with E-state index < -0.39 is 0 Å². The van der Waals surface area contributed by atoms with E-state index in [0.29, 0.717) is 28.3 Å². The molecule has 242 valence electrons. The number of hydrogen-bond donors (Lipinski definition) is 4. The van der Waals surface area contributed by atoms with Gasteiger partial charge in [0.2, 0.25) is 11.9 Å². The van der Waals surface area contributed by atoms with Crippen molar-refractivity contribution < 1.29 is 19.1 Å². The zero-order valence-electron chi connectivity index (χ0n) is 26.4. The van der Waals surface area contributed by atoms with Crippen LogP contribution in [0.1, 0.15) is 43.0 Å². The molecule has 2 heterocycles. The molecule has 0 fully saturated rings. The van der Waals surface area contributed by atoms with Gasteiger partial charge >= 0.3 is 11.9 Å². The first-order chi connectivity index (χ1) is 23.1. The highest BCUT2D eigenvalue weighted by Crippen LogP contribution is 2.23. The maximum Gasteiger partial charge on any atom is 0.337 e. The molecule has 0 unspecified atom stereocenters. The number of carbonyl (C=O) groups is 2. The van der Waals surface area contributed by atoms with E-state index in [1.54, 1.807) is 24.3 Å². The smallest absolute Gasteiger partial charge is 0.337 e. The van der Waals surface area contributed by atoms with Crippen LogP contribution in [-0.4, -0.2) is 46.1 Å². The van der Waals surface area contributed by atoms with Crippen LogP contribution in [0.4, 0.5) is 23.5 Å². The number of hydrogen-bond acceptors (Lipinski definition) is 12. The van der Waals surface area contributed by atoms with E-state index in [1.807, 2.05) is 72.8 Å². The van der Waals surface area contributed by atoms with Crippen molar-refractivity contribution in [2.45, 2.75) is 12.8 Å². The summed E-state index contributed by atoms with van der Waals surface area (Å²) in [6, 6.07) is 26.2. The summed E-state index contributed by atoms with van der Waals surface area (Å²) >= 11 is 0. The molecule has 0 aliphatic carbocycles. The van der Waals surface area contributed by atoms with Crippen LogP contribution in [0.3, 0.4) is 0 Å². The number of aryl methyl sites for hydroxylation is 2. The number of nitrogens with zero attached hydrogens (tertiary/aromatic N) is 4. The van der Waals surface area contributed by atoms with Crippen molar-refractivity contribution in [1.29, 1.82) is 0 Å². The van der Waals surface area contributed by atoms with Crippen LogP contribution >= 0.6 is 0 Å². The molecule has 6 aromatic rings. The second-order valence-electron chi connectivity index (χ2n) is 10.7. The molecule has 0 bridgehead atoms. The highest BCUT2D eigenvalue weighted by Gasteiger charge is 2.08. The highest BCUT2D eigenvalue weighted by atomic mass is 16.5. The summed E-state index contributed by atoms with van der Waals surface area (Å²) in [5, 5.41) is 1.56. The fraction of sp³-hybridized carbons (Fsp3) is 0.111. The Balaban J connectivity index is 0.000000188. The number of rotatable bonds is 7. The fourth-order valence-corrected chi connectivity index (χ4v) is 4.92. The van der Waals surface area contributed by atoms with Crippen LogP contribution in [-0.2, 0) is 22.3 Å². The summed E-state index contributed by atoms with van der Waals surface area (Å²) < 4.78 is 9.37. The zero-order chi connectivity index (χ0) is 34.2. The number of fused-ring (bicyclic) bond motifs is 2.